The molecule has 2 heterocycles. The molecule has 0 aromatic carbocycles. The van der Waals surface area contributed by atoms with Crippen LogP contribution in [0.1, 0.15) is 0 Å². The molecule has 0 aliphatic heterocycles. The number of hydrogen-bond acceptors (Lipinski definition) is 4. The molecule has 0 spiro atoms. The van der Waals surface area contributed by atoms with Crippen LogP contribution in [0.4, 0.5) is 0 Å². The standard InChI is InChI=1S/C8H9N5O2/c9-10-7(14)5-13-8(15)12-4-2-1-3-6(12)11-13/h1-4H,5,9H2,(H,10,14). The Morgan fingerprint density at radius 1 is 1.53 bits per heavy atom. The number of nitrogens with two attached hydrogens (primary N) is 1. The van der Waals surface area contributed by atoms with Gasteiger partial charge in [0.15, 0.2) is 5.65 Å². The average molecular weight is 207 g/mol. The van der Waals surface area contributed by atoms with Gasteiger partial charge in [-0.1, -0.05) is 6.07 Å². The van der Waals surface area contributed by atoms with E-state index in [2.05, 4.69) is 5.10 Å². The summed E-state index contributed by atoms with van der Waals surface area (Å²) in [7, 11) is 0. The van der Waals surface area contributed by atoms with E-state index in [4.69, 9.17) is 5.84 Å². The maximum absolute atomic E-state index is 11.6. The van der Waals surface area contributed by atoms with Crippen LogP contribution < -0.4 is 17.0 Å². The van der Waals surface area contributed by atoms with E-state index in [1.807, 2.05) is 5.43 Å². The lowest BCUT2D eigenvalue weighted by Crippen LogP contribution is -2.36. The number of amides is 1. The zero-order valence-corrected chi connectivity index (χ0v) is 7.75. The third-order valence-electron chi connectivity index (χ3n) is 1.94. The number of aromatic nitrogens is 3. The number of carbonyl (C=O) groups excluding carboxylic acids is 1. The third-order valence-corrected chi connectivity index (χ3v) is 1.94. The summed E-state index contributed by atoms with van der Waals surface area (Å²) in [6, 6.07) is 5.15. The number of fused-ring (bicyclic) bond motifs is 1. The van der Waals surface area contributed by atoms with Crippen molar-refractivity contribution >= 4 is 11.6 Å². The SMILES string of the molecule is NNC(=O)Cn1nc2ccccn2c1=O. The van der Waals surface area contributed by atoms with Crippen molar-refractivity contribution in [3.63, 3.8) is 0 Å². The molecule has 0 radical (unpaired) electrons. The molecule has 0 atom stereocenters. The van der Waals surface area contributed by atoms with Crippen LogP contribution >= 0.6 is 0 Å². The first kappa shape index (κ1) is 9.41. The number of hydrogen-bond donors (Lipinski definition) is 2. The third kappa shape index (κ3) is 1.59. The Bertz CT molecular complexity index is 555. The van der Waals surface area contributed by atoms with E-state index in [9.17, 15) is 9.59 Å². The summed E-state index contributed by atoms with van der Waals surface area (Å²) in [6.07, 6.45) is 1.58. The predicted octanol–water partition coefficient (Wildman–Crippen LogP) is -1.51. The summed E-state index contributed by atoms with van der Waals surface area (Å²) in [6.45, 7) is -0.184. The lowest BCUT2D eigenvalue weighted by atomic mass is 10.5. The summed E-state index contributed by atoms with van der Waals surface area (Å²) in [5.74, 6) is 4.44. The topological polar surface area (TPSA) is 94.4 Å². The van der Waals surface area contributed by atoms with E-state index >= 15 is 0 Å². The fourth-order valence-electron chi connectivity index (χ4n) is 1.25. The van der Waals surface area contributed by atoms with E-state index < -0.39 is 5.91 Å². The Morgan fingerprint density at radius 3 is 3.00 bits per heavy atom. The summed E-state index contributed by atoms with van der Waals surface area (Å²) < 4.78 is 2.40. The second-order valence-corrected chi connectivity index (χ2v) is 2.94. The summed E-state index contributed by atoms with van der Waals surface area (Å²) in [4.78, 5) is 22.6. The molecular formula is C8H9N5O2. The molecule has 0 aliphatic carbocycles. The second kappa shape index (κ2) is 3.54. The van der Waals surface area contributed by atoms with Gasteiger partial charge in [0.1, 0.15) is 6.54 Å². The zero-order valence-electron chi connectivity index (χ0n) is 7.75. The smallest absolute Gasteiger partial charge is 0.293 e. The Kier molecular flexibility index (Phi) is 2.22. The molecule has 0 bridgehead atoms. The van der Waals surface area contributed by atoms with Gasteiger partial charge in [0.25, 0.3) is 5.91 Å². The molecule has 3 N–H and O–H groups in total. The van der Waals surface area contributed by atoms with Gasteiger partial charge in [0, 0.05) is 6.20 Å². The molecule has 7 heteroatoms. The van der Waals surface area contributed by atoms with Crippen molar-refractivity contribution in [1.82, 2.24) is 19.6 Å². The molecule has 0 saturated carbocycles. The van der Waals surface area contributed by atoms with Gasteiger partial charge in [0.05, 0.1) is 0 Å². The van der Waals surface area contributed by atoms with Gasteiger partial charge in [-0.25, -0.2) is 15.3 Å². The largest absolute Gasteiger partial charge is 0.350 e. The highest BCUT2D eigenvalue weighted by Crippen LogP contribution is 1.94. The van der Waals surface area contributed by atoms with Gasteiger partial charge in [-0.05, 0) is 12.1 Å². The average Bonchev–Trinajstić information content (AvgIpc) is 2.57. The molecule has 0 fully saturated rings. The quantitative estimate of drug-likeness (QED) is 0.355. The predicted molar refractivity (Wildman–Crippen MR) is 51.8 cm³/mol. The van der Waals surface area contributed by atoms with Crippen LogP contribution in [0.25, 0.3) is 5.65 Å². The lowest BCUT2D eigenvalue weighted by Gasteiger charge is -1.96. The number of rotatable bonds is 2. The second-order valence-electron chi connectivity index (χ2n) is 2.94. The van der Waals surface area contributed by atoms with E-state index in [1.165, 1.54) is 4.40 Å². The summed E-state index contributed by atoms with van der Waals surface area (Å²) in [5.41, 5.74) is 2.06. The molecule has 2 rings (SSSR count). The van der Waals surface area contributed by atoms with Crippen LogP contribution in [0.15, 0.2) is 29.2 Å². The number of nitrogens with zero attached hydrogens (tertiary/aromatic N) is 3. The summed E-state index contributed by atoms with van der Waals surface area (Å²) >= 11 is 0. The Balaban J connectivity index is 2.49. The van der Waals surface area contributed by atoms with E-state index in [-0.39, 0.29) is 12.2 Å². The van der Waals surface area contributed by atoms with Crippen molar-refractivity contribution in [3.8, 4) is 0 Å². The van der Waals surface area contributed by atoms with Crippen molar-refractivity contribution in [1.29, 1.82) is 0 Å². The molecular weight excluding hydrogens is 198 g/mol. The fraction of sp³-hybridized carbons (Fsp3) is 0.125. The lowest BCUT2D eigenvalue weighted by molar-refractivity contribution is -0.121. The number of hydrazine groups is 1. The van der Waals surface area contributed by atoms with Crippen LogP contribution in [0, 0.1) is 0 Å². The van der Waals surface area contributed by atoms with Crippen molar-refractivity contribution in [3.05, 3.63) is 34.9 Å². The first-order valence-corrected chi connectivity index (χ1v) is 4.26. The highest BCUT2D eigenvalue weighted by atomic mass is 16.2. The monoisotopic (exact) mass is 207 g/mol. The van der Waals surface area contributed by atoms with E-state index in [0.29, 0.717) is 5.65 Å². The van der Waals surface area contributed by atoms with Crippen LogP contribution in [0.5, 0.6) is 0 Å². The molecule has 7 nitrogen and oxygen atoms in total. The Hall–Kier alpha value is -2.15. The van der Waals surface area contributed by atoms with Gasteiger partial charge < -0.3 is 0 Å². The molecule has 15 heavy (non-hydrogen) atoms. The molecule has 2 aromatic heterocycles. The van der Waals surface area contributed by atoms with Gasteiger partial charge >= 0.3 is 5.69 Å². The van der Waals surface area contributed by atoms with Crippen LogP contribution in [0.3, 0.4) is 0 Å². The van der Waals surface area contributed by atoms with Gasteiger partial charge in [-0.2, -0.15) is 0 Å². The Morgan fingerprint density at radius 2 is 2.33 bits per heavy atom. The molecule has 0 aliphatic rings. The van der Waals surface area contributed by atoms with Gasteiger partial charge in [0.2, 0.25) is 0 Å². The van der Waals surface area contributed by atoms with Crippen molar-refractivity contribution in [2.75, 3.05) is 0 Å². The van der Waals surface area contributed by atoms with E-state index in [1.54, 1.807) is 24.4 Å². The van der Waals surface area contributed by atoms with Crippen LogP contribution in [0.2, 0.25) is 0 Å². The zero-order chi connectivity index (χ0) is 10.8. The van der Waals surface area contributed by atoms with Crippen LogP contribution in [-0.2, 0) is 11.3 Å². The molecule has 0 unspecified atom stereocenters. The highest BCUT2D eigenvalue weighted by Gasteiger charge is 2.08. The van der Waals surface area contributed by atoms with Gasteiger partial charge in [-0.15, -0.1) is 5.10 Å². The molecule has 78 valence electrons. The highest BCUT2D eigenvalue weighted by molar-refractivity contribution is 5.74. The minimum Gasteiger partial charge on any atom is -0.293 e. The summed E-state index contributed by atoms with van der Waals surface area (Å²) in [5, 5.41) is 3.95. The normalized spacial score (nSPS) is 10.5. The fourth-order valence-corrected chi connectivity index (χ4v) is 1.25. The van der Waals surface area contributed by atoms with Gasteiger partial charge in [-0.3, -0.25) is 14.6 Å². The minimum absolute atomic E-state index is 0.184. The number of nitrogens with one attached hydrogen (secondary N) is 1. The maximum Gasteiger partial charge on any atom is 0.350 e. The minimum atomic E-state index is -0.472. The first-order valence-electron chi connectivity index (χ1n) is 4.26. The maximum atomic E-state index is 11.6. The molecule has 2 aromatic rings. The number of pyridine rings is 1. The first-order chi connectivity index (χ1) is 7.22. The number of carbonyl (C=O) groups is 1. The molecule has 0 saturated heterocycles. The van der Waals surface area contributed by atoms with Crippen LogP contribution in [-0.4, -0.2) is 20.1 Å². The van der Waals surface area contributed by atoms with E-state index in [0.717, 1.165) is 4.68 Å². The van der Waals surface area contributed by atoms with Crippen molar-refractivity contribution in [2.45, 2.75) is 6.54 Å². The molecule has 1 amide bonds. The van der Waals surface area contributed by atoms with Crippen molar-refractivity contribution in [2.24, 2.45) is 5.84 Å². The Labute approximate surface area is 84.1 Å². The van der Waals surface area contributed by atoms with Crippen molar-refractivity contribution < 1.29 is 4.79 Å².